The number of carbonyl (C=O) groups excluding carboxylic acids is 1. The number of sulfonamides is 1. The second-order valence-electron chi connectivity index (χ2n) is 7.18. The zero-order valence-electron chi connectivity index (χ0n) is 15.6. The Hall–Kier alpha value is -2.38. The van der Waals surface area contributed by atoms with Gasteiger partial charge in [0, 0.05) is 25.3 Å². The van der Waals surface area contributed by atoms with Gasteiger partial charge in [-0.05, 0) is 61.6 Å². The minimum Gasteiger partial charge on any atom is -0.376 e. The van der Waals surface area contributed by atoms with Crippen LogP contribution < -0.4 is 9.62 Å². The molecule has 2 aromatic carbocycles. The van der Waals surface area contributed by atoms with Gasteiger partial charge in [0.1, 0.15) is 0 Å². The number of carbonyl (C=O) groups is 1. The highest BCUT2D eigenvalue weighted by Crippen LogP contribution is 2.31. The van der Waals surface area contributed by atoms with Gasteiger partial charge in [0.2, 0.25) is 0 Å². The van der Waals surface area contributed by atoms with Crippen LogP contribution in [0.15, 0.2) is 53.4 Å². The summed E-state index contributed by atoms with van der Waals surface area (Å²) in [5.41, 5.74) is 2.23. The third-order valence-electron chi connectivity index (χ3n) is 5.29. The molecule has 4 rings (SSSR count). The van der Waals surface area contributed by atoms with Gasteiger partial charge in [0.05, 0.1) is 16.7 Å². The lowest BCUT2D eigenvalue weighted by Gasteiger charge is -2.30. The highest BCUT2D eigenvalue weighted by atomic mass is 32.2. The van der Waals surface area contributed by atoms with Crippen LogP contribution in [0.1, 0.15) is 35.2 Å². The molecule has 1 fully saturated rings. The Morgan fingerprint density at radius 3 is 2.64 bits per heavy atom. The van der Waals surface area contributed by atoms with Gasteiger partial charge in [0.25, 0.3) is 15.9 Å². The van der Waals surface area contributed by atoms with Crippen molar-refractivity contribution in [3.8, 4) is 0 Å². The summed E-state index contributed by atoms with van der Waals surface area (Å²) < 4.78 is 33.2. The van der Waals surface area contributed by atoms with Crippen LogP contribution in [0.2, 0.25) is 0 Å². The standard InChI is InChI=1S/C21H24N2O4S/c24-21(22-15-18-7-4-14-27-18)17-9-11-19(12-10-17)28(25,26)23-13-3-6-16-5-1-2-8-20(16)23/h1-2,5,8-12,18H,3-4,6-7,13-15H2,(H,22,24)/t18-/m0/s1. The van der Waals surface area contributed by atoms with Crippen molar-refractivity contribution in [3.05, 3.63) is 59.7 Å². The maximum absolute atomic E-state index is 13.1. The highest BCUT2D eigenvalue weighted by molar-refractivity contribution is 7.92. The molecule has 0 radical (unpaired) electrons. The lowest BCUT2D eigenvalue weighted by molar-refractivity contribution is 0.0857. The largest absolute Gasteiger partial charge is 0.376 e. The Morgan fingerprint density at radius 2 is 1.89 bits per heavy atom. The number of ether oxygens (including phenoxy) is 1. The lowest BCUT2D eigenvalue weighted by atomic mass is 10.0. The van der Waals surface area contributed by atoms with E-state index in [0.29, 0.717) is 18.7 Å². The molecule has 1 amide bonds. The molecular weight excluding hydrogens is 376 g/mol. The minimum atomic E-state index is -3.66. The van der Waals surface area contributed by atoms with Crippen LogP contribution in [0, 0.1) is 0 Å². The lowest BCUT2D eigenvalue weighted by Crippen LogP contribution is -2.35. The zero-order valence-corrected chi connectivity index (χ0v) is 16.5. The molecule has 0 aliphatic carbocycles. The molecule has 0 bridgehead atoms. The van der Waals surface area contributed by atoms with Gasteiger partial charge in [-0.2, -0.15) is 0 Å². The van der Waals surface area contributed by atoms with Crippen molar-refractivity contribution in [2.45, 2.75) is 36.7 Å². The van der Waals surface area contributed by atoms with Crippen molar-refractivity contribution < 1.29 is 17.9 Å². The smallest absolute Gasteiger partial charge is 0.264 e. The van der Waals surface area contributed by atoms with Gasteiger partial charge in [0.15, 0.2) is 0 Å². The van der Waals surface area contributed by atoms with Crippen LogP contribution in [0.4, 0.5) is 5.69 Å². The number of nitrogens with one attached hydrogen (secondary N) is 1. The fraction of sp³-hybridized carbons (Fsp3) is 0.381. The van der Waals surface area contributed by atoms with E-state index in [0.717, 1.165) is 43.5 Å². The van der Waals surface area contributed by atoms with Crippen molar-refractivity contribution in [2.75, 3.05) is 24.0 Å². The number of rotatable bonds is 5. The molecule has 148 valence electrons. The normalized spacial score (nSPS) is 19.3. The van der Waals surface area contributed by atoms with Gasteiger partial charge in [-0.1, -0.05) is 18.2 Å². The molecule has 1 saturated heterocycles. The summed E-state index contributed by atoms with van der Waals surface area (Å²) in [4.78, 5) is 12.5. The summed E-state index contributed by atoms with van der Waals surface area (Å²) in [7, 11) is -3.66. The predicted octanol–water partition coefficient (Wildman–Crippen LogP) is 2.74. The molecule has 1 N–H and O–H groups in total. The number of hydrogen-bond donors (Lipinski definition) is 1. The SMILES string of the molecule is O=C(NC[C@@H]1CCCO1)c1ccc(S(=O)(=O)N2CCCc3ccccc32)cc1. The van der Waals surface area contributed by atoms with E-state index >= 15 is 0 Å². The second-order valence-corrected chi connectivity index (χ2v) is 9.04. The molecule has 6 nitrogen and oxygen atoms in total. The van der Waals surface area contributed by atoms with E-state index in [1.54, 1.807) is 12.1 Å². The molecule has 1 atom stereocenters. The van der Waals surface area contributed by atoms with Crippen LogP contribution in [-0.4, -0.2) is 40.1 Å². The molecular formula is C21H24N2O4S. The van der Waals surface area contributed by atoms with Crippen LogP contribution in [0.25, 0.3) is 0 Å². The highest BCUT2D eigenvalue weighted by Gasteiger charge is 2.29. The summed E-state index contributed by atoms with van der Waals surface area (Å²) >= 11 is 0. The van der Waals surface area contributed by atoms with E-state index in [-0.39, 0.29) is 16.9 Å². The molecule has 2 aliphatic heterocycles. The quantitative estimate of drug-likeness (QED) is 0.837. The first-order chi connectivity index (χ1) is 13.6. The van der Waals surface area contributed by atoms with Crippen LogP contribution >= 0.6 is 0 Å². The van der Waals surface area contributed by atoms with Gasteiger partial charge < -0.3 is 10.1 Å². The molecule has 2 aliphatic rings. The number of benzene rings is 2. The van der Waals surface area contributed by atoms with E-state index in [9.17, 15) is 13.2 Å². The fourth-order valence-electron chi connectivity index (χ4n) is 3.77. The third kappa shape index (κ3) is 3.77. The molecule has 7 heteroatoms. The van der Waals surface area contributed by atoms with Crippen molar-refractivity contribution >= 4 is 21.6 Å². The van der Waals surface area contributed by atoms with E-state index in [2.05, 4.69) is 5.32 Å². The molecule has 2 heterocycles. The van der Waals surface area contributed by atoms with E-state index in [4.69, 9.17) is 4.74 Å². The van der Waals surface area contributed by atoms with Gasteiger partial charge in [-0.3, -0.25) is 9.10 Å². The molecule has 0 unspecified atom stereocenters. The van der Waals surface area contributed by atoms with Gasteiger partial charge in [-0.15, -0.1) is 0 Å². The molecule has 28 heavy (non-hydrogen) atoms. The van der Waals surface area contributed by atoms with Gasteiger partial charge >= 0.3 is 0 Å². The number of fused-ring (bicyclic) bond motifs is 1. The maximum atomic E-state index is 13.1. The molecule has 2 aromatic rings. The van der Waals surface area contributed by atoms with Crippen molar-refractivity contribution in [1.82, 2.24) is 5.32 Å². The molecule has 0 aromatic heterocycles. The average Bonchev–Trinajstić information content (AvgIpc) is 3.25. The summed E-state index contributed by atoms with van der Waals surface area (Å²) in [6.45, 7) is 1.68. The fourth-order valence-corrected chi connectivity index (χ4v) is 5.31. The minimum absolute atomic E-state index is 0.0720. The molecule has 0 spiro atoms. The topological polar surface area (TPSA) is 75.7 Å². The Balaban J connectivity index is 1.49. The first-order valence-corrected chi connectivity index (χ1v) is 11.1. The Bertz CT molecular complexity index is 951. The van der Waals surface area contributed by atoms with Crippen molar-refractivity contribution in [3.63, 3.8) is 0 Å². The molecule has 0 saturated carbocycles. The predicted molar refractivity (Wildman–Crippen MR) is 107 cm³/mol. The maximum Gasteiger partial charge on any atom is 0.264 e. The Morgan fingerprint density at radius 1 is 1.11 bits per heavy atom. The zero-order chi connectivity index (χ0) is 19.6. The van der Waals surface area contributed by atoms with E-state index in [1.165, 1.54) is 16.4 Å². The number of hydrogen-bond acceptors (Lipinski definition) is 4. The first kappa shape index (κ1) is 19.0. The summed E-state index contributed by atoms with van der Waals surface area (Å²) in [5, 5.41) is 2.85. The summed E-state index contributed by atoms with van der Waals surface area (Å²) in [6.07, 6.45) is 3.72. The summed E-state index contributed by atoms with van der Waals surface area (Å²) in [6, 6.07) is 13.7. The Kier molecular flexibility index (Phi) is 5.37. The van der Waals surface area contributed by atoms with E-state index in [1.807, 2.05) is 24.3 Å². The van der Waals surface area contributed by atoms with Crippen LogP contribution in [0.3, 0.4) is 0 Å². The number of aryl methyl sites for hydroxylation is 1. The number of nitrogens with zero attached hydrogens (tertiary/aromatic N) is 1. The number of anilines is 1. The average molecular weight is 401 g/mol. The number of amides is 1. The Labute approximate surface area is 165 Å². The van der Waals surface area contributed by atoms with Crippen molar-refractivity contribution in [2.24, 2.45) is 0 Å². The van der Waals surface area contributed by atoms with Crippen molar-refractivity contribution in [1.29, 1.82) is 0 Å². The van der Waals surface area contributed by atoms with Crippen LogP contribution in [0.5, 0.6) is 0 Å². The first-order valence-electron chi connectivity index (χ1n) is 9.66. The number of para-hydroxylation sites is 1. The van der Waals surface area contributed by atoms with E-state index < -0.39 is 10.0 Å². The summed E-state index contributed by atoms with van der Waals surface area (Å²) in [5.74, 6) is -0.220. The second kappa shape index (κ2) is 7.93. The third-order valence-corrected chi connectivity index (χ3v) is 7.11. The monoisotopic (exact) mass is 400 g/mol. The van der Waals surface area contributed by atoms with Crippen LogP contribution in [-0.2, 0) is 21.2 Å². The van der Waals surface area contributed by atoms with Gasteiger partial charge in [-0.25, -0.2) is 8.42 Å².